The molecule has 0 aliphatic carbocycles. The minimum absolute atomic E-state index is 0.487. The van der Waals surface area contributed by atoms with E-state index in [0.717, 1.165) is 37.6 Å². The molecule has 0 saturated carbocycles. The second-order valence-corrected chi connectivity index (χ2v) is 3.45. The van der Waals surface area contributed by atoms with Crippen LogP contribution in [-0.2, 0) is 13.0 Å². The van der Waals surface area contributed by atoms with Crippen molar-refractivity contribution in [1.82, 2.24) is 14.9 Å². The van der Waals surface area contributed by atoms with Gasteiger partial charge in [-0.15, -0.1) is 0 Å². The fourth-order valence-electron chi connectivity index (χ4n) is 1.47. The molecule has 0 bridgehead atoms. The fourth-order valence-corrected chi connectivity index (χ4v) is 1.47. The summed E-state index contributed by atoms with van der Waals surface area (Å²) < 4.78 is 0. The van der Waals surface area contributed by atoms with Crippen molar-refractivity contribution in [3.63, 3.8) is 0 Å². The smallest absolute Gasteiger partial charge is 0.129 e. The van der Waals surface area contributed by atoms with Gasteiger partial charge in [-0.25, -0.2) is 9.97 Å². The van der Waals surface area contributed by atoms with Crippen LogP contribution in [0, 0.1) is 0 Å². The van der Waals surface area contributed by atoms with E-state index in [9.17, 15) is 0 Å². The number of nitrogens with zero attached hydrogens (tertiary/aromatic N) is 3. The molecule has 1 aromatic rings. The number of rotatable bonds is 6. The lowest BCUT2D eigenvalue weighted by atomic mass is 10.3. The minimum atomic E-state index is 0.487. The van der Waals surface area contributed by atoms with Crippen molar-refractivity contribution in [3.05, 3.63) is 23.8 Å². The summed E-state index contributed by atoms with van der Waals surface area (Å²) in [6.45, 7) is 7.99. The van der Waals surface area contributed by atoms with Gasteiger partial charge in [0.05, 0.1) is 5.69 Å². The maximum atomic E-state index is 5.53. The van der Waals surface area contributed by atoms with E-state index >= 15 is 0 Å². The third kappa shape index (κ3) is 3.93. The lowest BCUT2D eigenvalue weighted by molar-refractivity contribution is 0.305. The van der Waals surface area contributed by atoms with Gasteiger partial charge in [0.25, 0.3) is 0 Å². The number of aromatic nitrogens is 2. The van der Waals surface area contributed by atoms with E-state index in [2.05, 4.69) is 28.7 Å². The van der Waals surface area contributed by atoms with Gasteiger partial charge in [-0.05, 0) is 19.2 Å². The quantitative estimate of drug-likeness (QED) is 0.752. The first-order valence-electron chi connectivity index (χ1n) is 5.53. The van der Waals surface area contributed by atoms with Crippen LogP contribution >= 0.6 is 0 Å². The number of hydrogen-bond donors (Lipinski definition) is 1. The average Bonchev–Trinajstić information content (AvgIpc) is 2.31. The lowest BCUT2D eigenvalue weighted by Crippen LogP contribution is -2.26. The van der Waals surface area contributed by atoms with E-state index in [4.69, 9.17) is 5.73 Å². The second kappa shape index (κ2) is 6.48. The van der Waals surface area contributed by atoms with Crippen LogP contribution in [0.3, 0.4) is 0 Å². The van der Waals surface area contributed by atoms with Gasteiger partial charge in [-0.3, -0.25) is 0 Å². The molecule has 0 spiro atoms. The molecule has 0 aliphatic heterocycles. The Labute approximate surface area is 91.5 Å². The van der Waals surface area contributed by atoms with E-state index in [1.54, 1.807) is 6.20 Å². The molecule has 0 atom stereocenters. The van der Waals surface area contributed by atoms with E-state index in [-0.39, 0.29) is 0 Å². The Morgan fingerprint density at radius 3 is 2.67 bits per heavy atom. The van der Waals surface area contributed by atoms with Crippen molar-refractivity contribution in [2.75, 3.05) is 19.6 Å². The summed E-state index contributed by atoms with van der Waals surface area (Å²) in [5.74, 6) is 0.893. The Balaban J connectivity index is 2.49. The Bertz CT molecular complexity index is 284. The van der Waals surface area contributed by atoms with Crippen LogP contribution in [0.25, 0.3) is 0 Å². The Kier molecular flexibility index (Phi) is 5.21. The number of nitrogens with two attached hydrogens (primary N) is 1. The molecule has 0 fully saturated rings. The fraction of sp³-hybridized carbons (Fsp3) is 0.636. The van der Waals surface area contributed by atoms with Crippen molar-refractivity contribution < 1.29 is 0 Å². The molecule has 1 aromatic heterocycles. The molecule has 15 heavy (non-hydrogen) atoms. The van der Waals surface area contributed by atoms with E-state index in [1.807, 2.05) is 6.07 Å². The zero-order valence-electron chi connectivity index (χ0n) is 9.61. The van der Waals surface area contributed by atoms with Crippen molar-refractivity contribution in [3.8, 4) is 0 Å². The Morgan fingerprint density at radius 2 is 2.07 bits per heavy atom. The Hall–Kier alpha value is -1.00. The molecule has 0 radical (unpaired) electrons. The van der Waals surface area contributed by atoms with Gasteiger partial charge in [0, 0.05) is 25.7 Å². The van der Waals surface area contributed by atoms with Crippen LogP contribution in [0.2, 0.25) is 0 Å². The highest BCUT2D eigenvalue weighted by molar-refractivity contribution is 5.01. The van der Waals surface area contributed by atoms with E-state index < -0.39 is 0 Å². The third-order valence-electron chi connectivity index (χ3n) is 2.52. The number of hydrogen-bond acceptors (Lipinski definition) is 4. The van der Waals surface area contributed by atoms with Crippen molar-refractivity contribution in [2.24, 2.45) is 5.73 Å². The molecule has 0 saturated heterocycles. The predicted molar refractivity (Wildman–Crippen MR) is 61.4 cm³/mol. The van der Waals surface area contributed by atoms with Crippen molar-refractivity contribution >= 4 is 0 Å². The molecular weight excluding hydrogens is 188 g/mol. The van der Waals surface area contributed by atoms with Gasteiger partial charge in [-0.2, -0.15) is 0 Å². The standard InChI is InChI=1S/C11H20N4/c1-3-15(4-2)8-6-11-13-7-5-10(9-12)14-11/h5,7H,3-4,6,8-9,12H2,1-2H3. The SMILES string of the molecule is CCN(CC)CCc1nccc(CN)n1. The van der Waals surface area contributed by atoms with Gasteiger partial charge in [0.2, 0.25) is 0 Å². The molecule has 0 aromatic carbocycles. The highest BCUT2D eigenvalue weighted by Crippen LogP contribution is 1.97. The van der Waals surface area contributed by atoms with E-state index in [0.29, 0.717) is 6.54 Å². The third-order valence-corrected chi connectivity index (χ3v) is 2.52. The van der Waals surface area contributed by atoms with Crippen LogP contribution in [0.1, 0.15) is 25.4 Å². The van der Waals surface area contributed by atoms with Crippen molar-refractivity contribution in [1.29, 1.82) is 0 Å². The van der Waals surface area contributed by atoms with Gasteiger partial charge < -0.3 is 10.6 Å². The predicted octanol–water partition coefficient (Wildman–Crippen LogP) is 0.820. The molecule has 84 valence electrons. The molecule has 4 nitrogen and oxygen atoms in total. The molecule has 0 aliphatic rings. The molecule has 4 heteroatoms. The highest BCUT2D eigenvalue weighted by atomic mass is 15.1. The summed E-state index contributed by atoms with van der Waals surface area (Å²) in [5.41, 5.74) is 6.44. The van der Waals surface area contributed by atoms with Crippen LogP contribution < -0.4 is 5.73 Å². The first-order chi connectivity index (χ1) is 7.30. The zero-order valence-corrected chi connectivity index (χ0v) is 9.61. The molecule has 1 heterocycles. The van der Waals surface area contributed by atoms with Gasteiger partial charge in [0.1, 0.15) is 5.82 Å². The minimum Gasteiger partial charge on any atom is -0.325 e. The maximum Gasteiger partial charge on any atom is 0.129 e. The summed E-state index contributed by atoms with van der Waals surface area (Å²) in [4.78, 5) is 11.0. The zero-order chi connectivity index (χ0) is 11.1. The van der Waals surface area contributed by atoms with E-state index in [1.165, 1.54) is 0 Å². The monoisotopic (exact) mass is 208 g/mol. The topological polar surface area (TPSA) is 55.0 Å². The second-order valence-electron chi connectivity index (χ2n) is 3.45. The molecular formula is C11H20N4. The van der Waals surface area contributed by atoms with Crippen LogP contribution in [-0.4, -0.2) is 34.5 Å². The average molecular weight is 208 g/mol. The normalized spacial score (nSPS) is 10.9. The number of likely N-dealkylation sites (N-methyl/N-ethyl adjacent to an activating group) is 1. The Morgan fingerprint density at radius 1 is 1.33 bits per heavy atom. The summed E-state index contributed by atoms with van der Waals surface area (Å²) in [5, 5.41) is 0. The summed E-state index contributed by atoms with van der Waals surface area (Å²) in [7, 11) is 0. The van der Waals surface area contributed by atoms with Crippen molar-refractivity contribution in [2.45, 2.75) is 26.8 Å². The highest BCUT2D eigenvalue weighted by Gasteiger charge is 2.02. The van der Waals surface area contributed by atoms with Gasteiger partial charge in [-0.1, -0.05) is 13.8 Å². The summed E-state index contributed by atoms with van der Waals surface area (Å²) in [6, 6.07) is 1.86. The van der Waals surface area contributed by atoms with Crippen LogP contribution in [0.15, 0.2) is 12.3 Å². The first kappa shape index (κ1) is 12.1. The molecule has 0 amide bonds. The lowest BCUT2D eigenvalue weighted by Gasteiger charge is -2.16. The molecule has 2 N–H and O–H groups in total. The molecule has 1 rings (SSSR count). The molecule has 0 unspecified atom stereocenters. The first-order valence-corrected chi connectivity index (χ1v) is 5.53. The van der Waals surface area contributed by atoms with Gasteiger partial charge >= 0.3 is 0 Å². The van der Waals surface area contributed by atoms with Gasteiger partial charge in [0.15, 0.2) is 0 Å². The maximum absolute atomic E-state index is 5.53. The van der Waals surface area contributed by atoms with Crippen LogP contribution in [0.4, 0.5) is 0 Å². The van der Waals surface area contributed by atoms with Crippen LogP contribution in [0.5, 0.6) is 0 Å². The summed E-state index contributed by atoms with van der Waals surface area (Å²) in [6.07, 6.45) is 2.68. The summed E-state index contributed by atoms with van der Waals surface area (Å²) >= 11 is 0. The largest absolute Gasteiger partial charge is 0.325 e.